The van der Waals surface area contributed by atoms with Crippen molar-refractivity contribution in [2.75, 3.05) is 17.7 Å². The molecule has 2 heterocycles. The lowest BCUT2D eigenvalue weighted by molar-refractivity contribution is 0.0988. The highest BCUT2D eigenvalue weighted by Crippen LogP contribution is 2.21. The van der Waals surface area contributed by atoms with E-state index in [9.17, 15) is 4.79 Å². The molecule has 0 bridgehead atoms. The number of carbonyl (C=O) groups is 1. The van der Waals surface area contributed by atoms with Gasteiger partial charge >= 0.3 is 0 Å². The molecule has 7 heteroatoms. The molecule has 0 aliphatic heterocycles. The zero-order chi connectivity index (χ0) is 11.5. The van der Waals surface area contributed by atoms with E-state index in [1.807, 2.05) is 0 Å². The Balaban J connectivity index is 2.30. The summed E-state index contributed by atoms with van der Waals surface area (Å²) in [5.41, 5.74) is 7.08. The average molecular weight is 235 g/mol. The quantitative estimate of drug-likeness (QED) is 0.831. The number of pyridine rings is 1. The summed E-state index contributed by atoms with van der Waals surface area (Å²) < 4.78 is 3.64. The van der Waals surface area contributed by atoms with Gasteiger partial charge in [-0.25, -0.2) is 0 Å². The summed E-state index contributed by atoms with van der Waals surface area (Å²) >= 11 is 1.13. The minimum Gasteiger partial charge on any atom is -0.396 e. The number of anilines is 2. The van der Waals surface area contributed by atoms with E-state index in [1.54, 1.807) is 24.7 Å². The van der Waals surface area contributed by atoms with Crippen molar-refractivity contribution in [2.24, 2.45) is 0 Å². The third-order valence-corrected chi connectivity index (χ3v) is 2.58. The van der Waals surface area contributed by atoms with E-state index in [-0.39, 0.29) is 5.91 Å². The number of nitrogens with zero attached hydrogens (tertiary/aromatic N) is 4. The van der Waals surface area contributed by atoms with Crippen molar-refractivity contribution < 1.29 is 4.79 Å². The van der Waals surface area contributed by atoms with Gasteiger partial charge in [-0.1, -0.05) is 4.49 Å². The fourth-order valence-electron chi connectivity index (χ4n) is 1.24. The molecule has 1 amide bonds. The molecule has 0 aliphatic carbocycles. The number of carbonyl (C=O) groups excluding carboxylic acids is 1. The van der Waals surface area contributed by atoms with Crippen LogP contribution >= 0.6 is 11.5 Å². The monoisotopic (exact) mass is 235 g/mol. The lowest BCUT2D eigenvalue weighted by Crippen LogP contribution is -2.27. The summed E-state index contributed by atoms with van der Waals surface area (Å²) in [6.07, 6.45) is 3.08. The first-order chi connectivity index (χ1) is 7.70. The normalized spacial score (nSPS) is 10.1. The number of nitrogen functional groups attached to an aromatic ring is 1. The minimum atomic E-state index is -0.244. The Bertz CT molecular complexity index is 498. The Morgan fingerprint density at radius 3 is 3.00 bits per heavy atom. The third kappa shape index (κ3) is 1.84. The number of aromatic nitrogens is 3. The van der Waals surface area contributed by atoms with Gasteiger partial charge in [-0.15, -0.1) is 5.10 Å². The fraction of sp³-hybridized carbons (Fsp3) is 0.111. The van der Waals surface area contributed by atoms with Gasteiger partial charge in [0.05, 0.1) is 17.6 Å². The van der Waals surface area contributed by atoms with E-state index in [0.717, 1.165) is 11.5 Å². The van der Waals surface area contributed by atoms with E-state index in [0.29, 0.717) is 17.1 Å². The largest absolute Gasteiger partial charge is 0.396 e. The van der Waals surface area contributed by atoms with Crippen molar-refractivity contribution in [3.63, 3.8) is 0 Å². The highest BCUT2D eigenvalue weighted by molar-refractivity contribution is 7.03. The maximum Gasteiger partial charge on any atom is 0.279 e. The van der Waals surface area contributed by atoms with Gasteiger partial charge in [0.2, 0.25) is 0 Å². The summed E-state index contributed by atoms with van der Waals surface area (Å²) in [6, 6.07) is 1.67. The van der Waals surface area contributed by atoms with E-state index in [1.165, 1.54) is 11.1 Å². The molecule has 0 aromatic carbocycles. The second-order valence-corrected chi connectivity index (χ2v) is 3.70. The SMILES string of the molecule is CN(C(=O)c1csnn1)c1ccncc1N. The second-order valence-electron chi connectivity index (χ2n) is 3.09. The van der Waals surface area contributed by atoms with Crippen molar-refractivity contribution >= 4 is 28.8 Å². The Morgan fingerprint density at radius 2 is 2.38 bits per heavy atom. The van der Waals surface area contributed by atoms with Crippen LogP contribution in [0, 0.1) is 0 Å². The molecule has 2 aromatic rings. The van der Waals surface area contributed by atoms with Gasteiger partial charge in [0.1, 0.15) is 0 Å². The topological polar surface area (TPSA) is 85.0 Å². The van der Waals surface area contributed by atoms with Gasteiger partial charge in [0, 0.05) is 18.6 Å². The summed E-state index contributed by atoms with van der Waals surface area (Å²) in [5, 5.41) is 5.31. The maximum atomic E-state index is 11.9. The van der Waals surface area contributed by atoms with Gasteiger partial charge < -0.3 is 10.6 Å². The molecule has 0 fully saturated rings. The molecule has 2 rings (SSSR count). The number of nitrogens with two attached hydrogens (primary N) is 1. The molecular formula is C9H9N5OS. The predicted octanol–water partition coefficient (Wildman–Crippen LogP) is 0.792. The predicted molar refractivity (Wildman–Crippen MR) is 61.3 cm³/mol. The van der Waals surface area contributed by atoms with Crippen LogP contribution in [0.25, 0.3) is 0 Å². The summed E-state index contributed by atoms with van der Waals surface area (Å²) in [6.45, 7) is 0. The first kappa shape index (κ1) is 10.5. The Morgan fingerprint density at radius 1 is 1.56 bits per heavy atom. The molecule has 2 N–H and O–H groups in total. The van der Waals surface area contributed by atoms with E-state index in [2.05, 4.69) is 14.6 Å². The first-order valence-corrected chi connectivity index (χ1v) is 5.28. The smallest absolute Gasteiger partial charge is 0.279 e. The molecule has 0 saturated heterocycles. The van der Waals surface area contributed by atoms with Crippen LogP contribution in [0.15, 0.2) is 23.8 Å². The molecule has 2 aromatic heterocycles. The lowest BCUT2D eigenvalue weighted by atomic mass is 10.3. The standard InChI is InChI=1S/C9H9N5OS/c1-14(8-2-3-11-4-6(8)10)9(15)7-5-16-13-12-7/h2-5H,10H2,1H3. The molecule has 0 spiro atoms. The van der Waals surface area contributed by atoms with Crippen LogP contribution in [0.4, 0.5) is 11.4 Å². The summed E-state index contributed by atoms with van der Waals surface area (Å²) in [4.78, 5) is 17.2. The van der Waals surface area contributed by atoms with Gasteiger partial charge in [0.25, 0.3) is 5.91 Å². The van der Waals surface area contributed by atoms with Crippen molar-refractivity contribution in [3.05, 3.63) is 29.5 Å². The molecule has 0 unspecified atom stereocenters. The van der Waals surface area contributed by atoms with Crippen LogP contribution in [-0.2, 0) is 0 Å². The maximum absolute atomic E-state index is 11.9. The van der Waals surface area contributed by atoms with E-state index < -0.39 is 0 Å². The summed E-state index contributed by atoms with van der Waals surface area (Å²) in [5.74, 6) is -0.244. The van der Waals surface area contributed by atoms with Crippen molar-refractivity contribution in [1.82, 2.24) is 14.6 Å². The van der Waals surface area contributed by atoms with Crippen LogP contribution in [0.1, 0.15) is 10.5 Å². The van der Waals surface area contributed by atoms with Gasteiger partial charge in [0.15, 0.2) is 5.69 Å². The zero-order valence-electron chi connectivity index (χ0n) is 8.49. The van der Waals surface area contributed by atoms with Crippen LogP contribution in [0.2, 0.25) is 0 Å². The van der Waals surface area contributed by atoms with Gasteiger partial charge in [-0.2, -0.15) is 0 Å². The Kier molecular flexibility index (Phi) is 2.78. The van der Waals surface area contributed by atoms with E-state index >= 15 is 0 Å². The van der Waals surface area contributed by atoms with Crippen LogP contribution in [0.5, 0.6) is 0 Å². The second kappa shape index (κ2) is 4.23. The zero-order valence-corrected chi connectivity index (χ0v) is 9.31. The van der Waals surface area contributed by atoms with Gasteiger partial charge in [-0.05, 0) is 17.6 Å². The highest BCUT2D eigenvalue weighted by Gasteiger charge is 2.17. The highest BCUT2D eigenvalue weighted by atomic mass is 32.1. The lowest BCUT2D eigenvalue weighted by Gasteiger charge is -2.17. The third-order valence-electron chi connectivity index (χ3n) is 2.07. The number of amides is 1. The molecule has 6 nitrogen and oxygen atoms in total. The number of hydrogen-bond acceptors (Lipinski definition) is 6. The molecule has 0 aliphatic rings. The molecule has 0 atom stereocenters. The number of rotatable bonds is 2. The summed E-state index contributed by atoms with van der Waals surface area (Å²) in [7, 11) is 1.63. The van der Waals surface area contributed by atoms with E-state index in [4.69, 9.17) is 5.73 Å². The Hall–Kier alpha value is -2.02. The minimum absolute atomic E-state index is 0.244. The molecule has 82 valence electrons. The molecule has 0 radical (unpaired) electrons. The molecule has 16 heavy (non-hydrogen) atoms. The molecular weight excluding hydrogens is 226 g/mol. The van der Waals surface area contributed by atoms with Crippen LogP contribution < -0.4 is 10.6 Å². The fourth-order valence-corrected chi connectivity index (χ4v) is 1.67. The Labute approximate surface area is 95.9 Å². The van der Waals surface area contributed by atoms with Crippen molar-refractivity contribution in [1.29, 1.82) is 0 Å². The van der Waals surface area contributed by atoms with Gasteiger partial charge in [-0.3, -0.25) is 9.78 Å². The number of hydrogen-bond donors (Lipinski definition) is 1. The van der Waals surface area contributed by atoms with Crippen LogP contribution in [-0.4, -0.2) is 27.5 Å². The average Bonchev–Trinajstić information content (AvgIpc) is 2.81. The molecule has 0 saturated carbocycles. The van der Waals surface area contributed by atoms with Crippen LogP contribution in [0.3, 0.4) is 0 Å². The van der Waals surface area contributed by atoms with Crippen molar-refractivity contribution in [3.8, 4) is 0 Å². The first-order valence-electron chi connectivity index (χ1n) is 4.44. The van der Waals surface area contributed by atoms with Crippen molar-refractivity contribution in [2.45, 2.75) is 0 Å².